The lowest BCUT2D eigenvalue weighted by Crippen LogP contribution is -2.60. The second-order valence-corrected chi connectivity index (χ2v) is 5.12. The molecule has 0 aromatic heterocycles. The molecule has 0 amide bonds. The molecule has 8 heteroatoms. The Morgan fingerprint density at radius 1 is 1.43 bits per heavy atom. The molecule has 4 nitrogen and oxygen atoms in total. The van der Waals surface area contributed by atoms with Crippen LogP contribution in [0, 0.1) is 5.92 Å². The Labute approximate surface area is 118 Å². The Bertz CT molecular complexity index is 474. The fourth-order valence-corrected chi connectivity index (χ4v) is 2.51. The van der Waals surface area contributed by atoms with Crippen LogP contribution in [0.4, 0.5) is 17.6 Å². The molecular formula is C13H15F4NO3. The molecule has 1 fully saturated rings. The van der Waals surface area contributed by atoms with Gasteiger partial charge in [-0.15, -0.1) is 0 Å². The van der Waals surface area contributed by atoms with Gasteiger partial charge in [0.2, 0.25) is 0 Å². The summed E-state index contributed by atoms with van der Waals surface area (Å²) in [6, 6.07) is -1.30. The lowest BCUT2D eigenvalue weighted by molar-refractivity contribution is -0.201. The first kappa shape index (κ1) is 16.0. The fourth-order valence-electron chi connectivity index (χ4n) is 2.51. The van der Waals surface area contributed by atoms with Gasteiger partial charge in [0.1, 0.15) is 18.0 Å². The first-order valence-corrected chi connectivity index (χ1v) is 6.43. The predicted molar refractivity (Wildman–Crippen MR) is 65.2 cm³/mol. The fraction of sp³-hybridized carbons (Fsp3) is 0.615. The molecule has 0 radical (unpaired) electrons. The summed E-state index contributed by atoms with van der Waals surface area (Å²) in [7, 11) is 0. The summed E-state index contributed by atoms with van der Waals surface area (Å²) in [4.78, 5) is 12.7. The molecule has 3 unspecified atom stereocenters. The lowest BCUT2D eigenvalue weighted by Gasteiger charge is -2.43. The molecule has 1 aliphatic heterocycles. The van der Waals surface area contributed by atoms with Crippen LogP contribution in [0.5, 0.6) is 0 Å². The van der Waals surface area contributed by atoms with Gasteiger partial charge in [-0.1, -0.05) is 13.0 Å². The van der Waals surface area contributed by atoms with E-state index in [1.54, 1.807) is 0 Å². The van der Waals surface area contributed by atoms with Gasteiger partial charge in [0.25, 0.3) is 0 Å². The highest BCUT2D eigenvalue weighted by Gasteiger charge is 2.43. The number of allylic oxidation sites excluding steroid dienone is 3. The Balaban J connectivity index is 2.10. The van der Waals surface area contributed by atoms with Gasteiger partial charge >= 0.3 is 12.6 Å². The Hall–Kier alpha value is -1.41. The third-order valence-electron chi connectivity index (χ3n) is 3.71. The van der Waals surface area contributed by atoms with Crippen LogP contribution in [0.1, 0.15) is 6.92 Å². The molecule has 21 heavy (non-hydrogen) atoms. The number of hydrogen-bond donors (Lipinski definition) is 1. The van der Waals surface area contributed by atoms with Crippen molar-refractivity contribution in [2.75, 3.05) is 13.1 Å². The quantitative estimate of drug-likeness (QED) is 0.791. The zero-order chi connectivity index (χ0) is 15.7. The van der Waals surface area contributed by atoms with Crippen molar-refractivity contribution >= 4 is 5.97 Å². The van der Waals surface area contributed by atoms with Gasteiger partial charge in [-0.2, -0.15) is 8.78 Å². The summed E-state index contributed by atoms with van der Waals surface area (Å²) in [6.45, 7) is -1.68. The van der Waals surface area contributed by atoms with E-state index in [0.29, 0.717) is 0 Å². The SMILES string of the molecule is CC1C(F)=CC=C(C(C(=O)O)N2CC(OC(F)F)C2)C1F. The molecule has 0 bridgehead atoms. The van der Waals surface area contributed by atoms with Crippen molar-refractivity contribution in [1.29, 1.82) is 0 Å². The van der Waals surface area contributed by atoms with Gasteiger partial charge in [0, 0.05) is 19.0 Å². The average molecular weight is 309 g/mol. The van der Waals surface area contributed by atoms with E-state index < -0.39 is 42.6 Å². The standard InChI is InChI=1S/C13H15F4NO3/c1-6-9(14)3-2-8(10(6)15)11(12(19)20)18-4-7(5-18)21-13(16)17/h2-3,6-7,10-11,13H,4-5H2,1H3,(H,19,20). The van der Waals surface area contributed by atoms with Crippen molar-refractivity contribution in [1.82, 2.24) is 4.90 Å². The lowest BCUT2D eigenvalue weighted by atomic mass is 9.86. The van der Waals surface area contributed by atoms with E-state index in [4.69, 9.17) is 0 Å². The maximum atomic E-state index is 14.1. The van der Waals surface area contributed by atoms with Gasteiger partial charge in [-0.3, -0.25) is 9.69 Å². The zero-order valence-electron chi connectivity index (χ0n) is 11.2. The van der Waals surface area contributed by atoms with Crippen molar-refractivity contribution in [3.8, 4) is 0 Å². The molecule has 1 saturated heterocycles. The number of likely N-dealkylation sites (tertiary alicyclic amines) is 1. The molecule has 3 atom stereocenters. The largest absolute Gasteiger partial charge is 0.480 e. The van der Waals surface area contributed by atoms with Gasteiger partial charge in [0.15, 0.2) is 0 Å². The van der Waals surface area contributed by atoms with Crippen LogP contribution in [0.15, 0.2) is 23.6 Å². The summed E-state index contributed by atoms with van der Waals surface area (Å²) < 4.78 is 55.7. The number of nitrogens with zero attached hydrogens (tertiary/aromatic N) is 1. The molecule has 2 aliphatic rings. The van der Waals surface area contributed by atoms with Crippen molar-refractivity contribution in [3.05, 3.63) is 23.6 Å². The molecule has 118 valence electrons. The van der Waals surface area contributed by atoms with E-state index in [1.165, 1.54) is 11.8 Å². The van der Waals surface area contributed by atoms with Crippen LogP contribution in [-0.2, 0) is 9.53 Å². The number of halogens is 4. The monoisotopic (exact) mass is 309 g/mol. The van der Waals surface area contributed by atoms with Crippen molar-refractivity contribution in [2.24, 2.45) is 5.92 Å². The van der Waals surface area contributed by atoms with E-state index in [9.17, 15) is 27.5 Å². The van der Waals surface area contributed by atoms with E-state index in [-0.39, 0.29) is 18.7 Å². The van der Waals surface area contributed by atoms with Crippen molar-refractivity contribution < 1.29 is 32.2 Å². The minimum Gasteiger partial charge on any atom is -0.480 e. The summed E-state index contributed by atoms with van der Waals surface area (Å²) in [5.41, 5.74) is -0.0769. The van der Waals surface area contributed by atoms with Crippen LogP contribution in [-0.4, -0.2) is 54.0 Å². The number of aliphatic carboxylic acids is 1. The van der Waals surface area contributed by atoms with Crippen LogP contribution in [0.2, 0.25) is 0 Å². The topological polar surface area (TPSA) is 49.8 Å². The highest BCUT2D eigenvalue weighted by Crippen LogP contribution is 2.34. The Kier molecular flexibility index (Phi) is 4.67. The van der Waals surface area contributed by atoms with E-state index >= 15 is 0 Å². The number of carboxylic acids is 1. The zero-order valence-corrected chi connectivity index (χ0v) is 11.2. The summed E-state index contributed by atoms with van der Waals surface area (Å²) in [6.07, 6.45) is -0.385. The minimum absolute atomic E-state index is 0.0358. The second kappa shape index (κ2) is 6.15. The van der Waals surface area contributed by atoms with Crippen LogP contribution < -0.4 is 0 Å². The molecule has 1 aliphatic carbocycles. The number of rotatable bonds is 5. The van der Waals surface area contributed by atoms with E-state index in [1.807, 2.05) is 0 Å². The van der Waals surface area contributed by atoms with Crippen LogP contribution in [0.3, 0.4) is 0 Å². The van der Waals surface area contributed by atoms with Gasteiger partial charge in [-0.25, -0.2) is 8.78 Å². The molecule has 1 N–H and O–H groups in total. The molecule has 2 rings (SSSR count). The van der Waals surface area contributed by atoms with Crippen molar-refractivity contribution in [2.45, 2.75) is 31.9 Å². The first-order valence-electron chi connectivity index (χ1n) is 6.43. The molecule has 1 heterocycles. The highest BCUT2D eigenvalue weighted by molar-refractivity contribution is 5.78. The smallest absolute Gasteiger partial charge is 0.345 e. The number of ether oxygens (including phenoxy) is 1. The number of carbonyl (C=O) groups is 1. The minimum atomic E-state index is -2.93. The van der Waals surface area contributed by atoms with Crippen molar-refractivity contribution in [3.63, 3.8) is 0 Å². The Morgan fingerprint density at radius 2 is 2.05 bits per heavy atom. The second-order valence-electron chi connectivity index (χ2n) is 5.12. The number of hydrogen-bond acceptors (Lipinski definition) is 3. The van der Waals surface area contributed by atoms with Crippen LogP contribution in [0.25, 0.3) is 0 Å². The molecule has 0 aromatic carbocycles. The van der Waals surface area contributed by atoms with E-state index in [0.717, 1.165) is 12.2 Å². The third kappa shape index (κ3) is 3.26. The maximum absolute atomic E-state index is 14.1. The van der Waals surface area contributed by atoms with E-state index in [2.05, 4.69) is 4.74 Å². The molecule has 0 saturated carbocycles. The number of carboxylic acid groups (broad SMARTS) is 1. The normalized spacial score (nSPS) is 28.9. The maximum Gasteiger partial charge on any atom is 0.345 e. The van der Waals surface area contributed by atoms with Gasteiger partial charge in [-0.05, 0) is 11.6 Å². The number of alkyl halides is 3. The predicted octanol–water partition coefficient (Wildman–Crippen LogP) is 2.13. The highest BCUT2D eigenvalue weighted by atomic mass is 19.3. The first-order chi connectivity index (χ1) is 9.81. The van der Waals surface area contributed by atoms with Gasteiger partial charge in [0.05, 0.1) is 6.10 Å². The van der Waals surface area contributed by atoms with Gasteiger partial charge < -0.3 is 9.84 Å². The molecule has 0 aromatic rings. The molecular weight excluding hydrogens is 294 g/mol. The summed E-state index contributed by atoms with van der Waals surface area (Å²) >= 11 is 0. The van der Waals surface area contributed by atoms with Crippen LogP contribution >= 0.6 is 0 Å². The Morgan fingerprint density at radius 3 is 2.57 bits per heavy atom. The molecule has 0 spiro atoms. The summed E-state index contributed by atoms with van der Waals surface area (Å²) in [5, 5.41) is 9.25. The summed E-state index contributed by atoms with van der Waals surface area (Å²) in [5.74, 6) is -3.01. The third-order valence-corrected chi connectivity index (χ3v) is 3.71. The average Bonchev–Trinajstić information content (AvgIpc) is 2.35.